The van der Waals surface area contributed by atoms with Gasteiger partial charge in [-0.05, 0) is 49.4 Å². The average molecular weight is 381 g/mol. The van der Waals surface area contributed by atoms with Gasteiger partial charge in [-0.25, -0.2) is 4.98 Å². The average Bonchev–Trinajstić information content (AvgIpc) is 3.32. The van der Waals surface area contributed by atoms with E-state index in [0.29, 0.717) is 29.4 Å². The number of amides is 1. The van der Waals surface area contributed by atoms with E-state index in [4.69, 9.17) is 0 Å². The highest BCUT2D eigenvalue weighted by Gasteiger charge is 2.39. The van der Waals surface area contributed by atoms with Gasteiger partial charge in [-0.15, -0.1) is 11.3 Å². The second kappa shape index (κ2) is 6.77. The molecule has 2 aromatic heterocycles. The lowest BCUT2D eigenvalue weighted by Gasteiger charge is -2.45. The van der Waals surface area contributed by atoms with Gasteiger partial charge in [0.2, 0.25) is 5.91 Å². The topological polar surface area (TPSA) is 61.0 Å². The molecular weight excluding hydrogens is 356 g/mol. The molecule has 1 amide bonds. The molecule has 27 heavy (non-hydrogen) atoms. The first-order chi connectivity index (χ1) is 13.2. The summed E-state index contributed by atoms with van der Waals surface area (Å²) in [5, 5.41) is 6.92. The Kier molecular flexibility index (Phi) is 4.25. The Morgan fingerprint density at radius 1 is 1.44 bits per heavy atom. The molecule has 1 aromatic carbocycles. The summed E-state index contributed by atoms with van der Waals surface area (Å²) in [6.45, 7) is 1.07. The quantitative estimate of drug-likeness (QED) is 0.719. The number of piperidine rings is 1. The minimum absolute atomic E-state index is 0.0772. The molecule has 140 valence electrons. The van der Waals surface area contributed by atoms with Crippen LogP contribution in [0.3, 0.4) is 0 Å². The maximum Gasteiger partial charge on any atom is 0.226 e. The standard InChI is InChI=1S/C21H24N4OS/c1-25-12-13(5-6-19(26)24-21-22-7-8-27-21)9-16-15-3-2-4-17-20(15)14(11-23-17)10-18(16)25/h2-4,7-8,11,13,16,18,23H,5-6,9-10,12H2,1H3,(H,22,24,26)/t13-,16-,18-/m1/s1. The van der Waals surface area contributed by atoms with E-state index in [1.165, 1.54) is 39.8 Å². The van der Waals surface area contributed by atoms with E-state index < -0.39 is 0 Å². The van der Waals surface area contributed by atoms with E-state index in [1.54, 1.807) is 6.20 Å². The number of hydrogen-bond donors (Lipinski definition) is 2. The van der Waals surface area contributed by atoms with E-state index in [1.807, 2.05) is 5.38 Å². The summed E-state index contributed by atoms with van der Waals surface area (Å²) in [6, 6.07) is 7.22. The number of H-pyrrole nitrogens is 1. The molecule has 0 unspecified atom stereocenters. The maximum atomic E-state index is 12.2. The molecule has 0 radical (unpaired) electrons. The highest BCUT2D eigenvalue weighted by Crippen LogP contribution is 2.45. The first-order valence-corrected chi connectivity index (χ1v) is 10.6. The van der Waals surface area contributed by atoms with Gasteiger partial charge in [0.1, 0.15) is 0 Å². The van der Waals surface area contributed by atoms with E-state index in [9.17, 15) is 4.79 Å². The molecule has 1 aliphatic carbocycles. The second-order valence-electron chi connectivity index (χ2n) is 7.93. The molecule has 1 aliphatic heterocycles. The van der Waals surface area contributed by atoms with Crippen molar-refractivity contribution in [1.29, 1.82) is 0 Å². The van der Waals surface area contributed by atoms with Gasteiger partial charge in [-0.2, -0.15) is 0 Å². The lowest BCUT2D eigenvalue weighted by Crippen LogP contribution is -2.47. The zero-order valence-corrected chi connectivity index (χ0v) is 16.3. The third-order valence-electron chi connectivity index (χ3n) is 6.27. The highest BCUT2D eigenvalue weighted by atomic mass is 32.1. The fraction of sp³-hybridized carbons (Fsp3) is 0.429. The van der Waals surface area contributed by atoms with Gasteiger partial charge in [0.25, 0.3) is 0 Å². The third kappa shape index (κ3) is 3.07. The van der Waals surface area contributed by atoms with Crippen LogP contribution >= 0.6 is 11.3 Å². The van der Waals surface area contributed by atoms with Crippen molar-refractivity contribution in [3.8, 4) is 0 Å². The van der Waals surface area contributed by atoms with Crippen LogP contribution in [0.1, 0.15) is 36.3 Å². The number of hydrogen-bond acceptors (Lipinski definition) is 4. The van der Waals surface area contributed by atoms with Gasteiger partial charge in [0.15, 0.2) is 5.13 Å². The molecule has 0 saturated carbocycles. The third-order valence-corrected chi connectivity index (χ3v) is 6.96. The van der Waals surface area contributed by atoms with E-state index in [0.717, 1.165) is 19.4 Å². The van der Waals surface area contributed by atoms with Crippen molar-refractivity contribution < 1.29 is 4.79 Å². The van der Waals surface area contributed by atoms with Crippen LogP contribution in [0.2, 0.25) is 0 Å². The summed E-state index contributed by atoms with van der Waals surface area (Å²) in [7, 11) is 2.25. The molecular formula is C21H24N4OS. The van der Waals surface area contributed by atoms with Crippen LogP contribution in [0.5, 0.6) is 0 Å². The lowest BCUT2D eigenvalue weighted by molar-refractivity contribution is -0.116. The molecule has 2 N–H and O–H groups in total. The normalized spacial score (nSPS) is 24.7. The predicted molar refractivity (Wildman–Crippen MR) is 109 cm³/mol. The van der Waals surface area contributed by atoms with Crippen LogP contribution in [-0.4, -0.2) is 40.4 Å². The number of benzene rings is 1. The largest absolute Gasteiger partial charge is 0.361 e. The highest BCUT2D eigenvalue weighted by molar-refractivity contribution is 7.13. The fourth-order valence-electron chi connectivity index (χ4n) is 5.07. The summed E-state index contributed by atoms with van der Waals surface area (Å²) < 4.78 is 0. The number of likely N-dealkylation sites (N-methyl/N-ethyl adjacent to an activating group) is 1. The molecule has 6 heteroatoms. The predicted octanol–water partition coefficient (Wildman–Crippen LogP) is 4.00. The van der Waals surface area contributed by atoms with Crippen LogP contribution in [0.25, 0.3) is 10.9 Å². The Bertz CT molecular complexity index is 964. The van der Waals surface area contributed by atoms with Gasteiger partial charge in [0.05, 0.1) is 0 Å². The summed E-state index contributed by atoms with van der Waals surface area (Å²) in [5.41, 5.74) is 4.20. The molecule has 3 atom stereocenters. The van der Waals surface area contributed by atoms with Crippen molar-refractivity contribution in [2.45, 2.75) is 37.6 Å². The molecule has 0 spiro atoms. The SMILES string of the molecule is CN1C[C@H](CCC(=O)Nc2nccs2)C[C@@H]2c3cccc4[nH]cc(c34)C[C@H]21. The van der Waals surface area contributed by atoms with Gasteiger partial charge in [-0.3, -0.25) is 4.79 Å². The van der Waals surface area contributed by atoms with Gasteiger partial charge >= 0.3 is 0 Å². The number of rotatable bonds is 4. The Labute approximate surface area is 162 Å². The Morgan fingerprint density at radius 3 is 3.22 bits per heavy atom. The smallest absolute Gasteiger partial charge is 0.226 e. The van der Waals surface area contributed by atoms with E-state index >= 15 is 0 Å². The van der Waals surface area contributed by atoms with Crippen molar-refractivity contribution in [2.75, 3.05) is 18.9 Å². The summed E-state index contributed by atoms with van der Waals surface area (Å²) >= 11 is 1.47. The first-order valence-electron chi connectivity index (χ1n) is 9.67. The Balaban J connectivity index is 1.30. The molecule has 3 aromatic rings. The number of carbonyl (C=O) groups is 1. The van der Waals surface area contributed by atoms with Gasteiger partial charge in [0, 0.05) is 53.6 Å². The number of anilines is 1. The number of fused-ring (bicyclic) bond motifs is 2. The minimum Gasteiger partial charge on any atom is -0.361 e. The van der Waals surface area contributed by atoms with Crippen LogP contribution in [0, 0.1) is 5.92 Å². The van der Waals surface area contributed by atoms with Crippen LogP contribution in [-0.2, 0) is 11.2 Å². The zero-order chi connectivity index (χ0) is 18.4. The van der Waals surface area contributed by atoms with Crippen LogP contribution in [0.15, 0.2) is 36.0 Å². The molecule has 3 heterocycles. The van der Waals surface area contributed by atoms with Gasteiger partial charge in [-0.1, -0.05) is 12.1 Å². The fourth-order valence-corrected chi connectivity index (χ4v) is 5.61. The zero-order valence-electron chi connectivity index (χ0n) is 15.4. The number of likely N-dealkylation sites (tertiary alicyclic amines) is 1. The number of aromatic nitrogens is 2. The number of nitrogens with one attached hydrogen (secondary N) is 2. The van der Waals surface area contributed by atoms with Gasteiger partial charge < -0.3 is 15.2 Å². The molecule has 1 fully saturated rings. The minimum atomic E-state index is 0.0772. The van der Waals surface area contributed by atoms with Crippen molar-refractivity contribution in [3.05, 3.63) is 47.1 Å². The monoisotopic (exact) mass is 380 g/mol. The van der Waals surface area contributed by atoms with Crippen molar-refractivity contribution in [3.63, 3.8) is 0 Å². The molecule has 1 saturated heterocycles. The second-order valence-corrected chi connectivity index (χ2v) is 8.82. The molecule has 5 nitrogen and oxygen atoms in total. The Morgan fingerprint density at radius 2 is 2.37 bits per heavy atom. The van der Waals surface area contributed by atoms with Crippen molar-refractivity contribution >= 4 is 33.3 Å². The summed E-state index contributed by atoms with van der Waals surface area (Å²) in [4.78, 5) is 22.3. The number of nitrogens with zero attached hydrogens (tertiary/aromatic N) is 2. The Hall–Kier alpha value is -2.18. The molecule has 2 aliphatic rings. The summed E-state index contributed by atoms with van der Waals surface area (Å²) in [5.74, 6) is 1.19. The number of carbonyl (C=O) groups excluding carboxylic acids is 1. The van der Waals surface area contributed by atoms with Crippen LogP contribution in [0.4, 0.5) is 5.13 Å². The first kappa shape index (κ1) is 17.0. The van der Waals surface area contributed by atoms with E-state index in [-0.39, 0.29) is 5.91 Å². The molecule has 0 bridgehead atoms. The van der Waals surface area contributed by atoms with Crippen molar-refractivity contribution in [2.24, 2.45) is 5.92 Å². The summed E-state index contributed by atoms with van der Waals surface area (Å²) in [6.07, 6.45) is 7.69. The number of aromatic amines is 1. The number of thiazole rings is 1. The van der Waals surface area contributed by atoms with E-state index in [2.05, 4.69) is 51.6 Å². The molecule has 5 rings (SSSR count). The van der Waals surface area contributed by atoms with Crippen LogP contribution < -0.4 is 5.32 Å². The lowest BCUT2D eigenvalue weighted by atomic mass is 9.71. The van der Waals surface area contributed by atoms with Crippen molar-refractivity contribution in [1.82, 2.24) is 14.9 Å². The maximum absolute atomic E-state index is 12.2.